The molecule has 0 aliphatic heterocycles. The first-order valence-corrected chi connectivity index (χ1v) is 9.27. The number of aliphatic carboxylic acids is 1. The summed E-state index contributed by atoms with van der Waals surface area (Å²) in [5.41, 5.74) is 0. The van der Waals surface area contributed by atoms with E-state index in [4.69, 9.17) is 0 Å². The Kier molecular flexibility index (Phi) is 3.90. The van der Waals surface area contributed by atoms with Gasteiger partial charge < -0.3 is 5.11 Å². The number of carboxylic acids is 1. The molecular weight excluding hydrogens is 310 g/mol. The zero-order valence-corrected chi connectivity index (χ0v) is 13.0. The van der Waals surface area contributed by atoms with Crippen LogP contribution in [0.3, 0.4) is 0 Å². The number of carboxylic acid groups (broad SMARTS) is 1. The first-order chi connectivity index (χ1) is 9.97. The molecule has 5 nitrogen and oxygen atoms in total. The van der Waals surface area contributed by atoms with Crippen LogP contribution < -0.4 is 4.72 Å². The van der Waals surface area contributed by atoms with Crippen molar-refractivity contribution in [2.45, 2.75) is 41.9 Å². The van der Waals surface area contributed by atoms with Crippen LogP contribution >= 0.6 is 11.3 Å². The van der Waals surface area contributed by atoms with E-state index in [-0.39, 0.29) is 4.21 Å². The lowest BCUT2D eigenvalue weighted by molar-refractivity contribution is -0.142. The molecule has 1 heterocycles. The van der Waals surface area contributed by atoms with Gasteiger partial charge in [0.1, 0.15) is 4.21 Å². The first kappa shape index (κ1) is 14.7. The van der Waals surface area contributed by atoms with Crippen LogP contribution in [0.25, 0.3) is 0 Å². The number of hydrogen-bond acceptors (Lipinski definition) is 4. The third-order valence-corrected chi connectivity index (χ3v) is 7.13. The van der Waals surface area contributed by atoms with Crippen LogP contribution in [0, 0.1) is 5.92 Å². The van der Waals surface area contributed by atoms with Crippen molar-refractivity contribution in [3.63, 3.8) is 0 Å². The van der Waals surface area contributed by atoms with E-state index in [1.165, 1.54) is 11.3 Å². The normalized spacial score (nSPS) is 25.9. The minimum absolute atomic E-state index is 0.281. The fraction of sp³-hybridized carbons (Fsp3) is 0.500. The summed E-state index contributed by atoms with van der Waals surface area (Å²) < 4.78 is 27.7. The van der Waals surface area contributed by atoms with Crippen molar-refractivity contribution in [2.75, 3.05) is 0 Å². The van der Waals surface area contributed by atoms with Gasteiger partial charge in [0.2, 0.25) is 10.0 Å². The smallest absolute Gasteiger partial charge is 0.308 e. The van der Waals surface area contributed by atoms with Crippen LogP contribution in [-0.2, 0) is 14.8 Å². The molecule has 2 N–H and O–H groups in total. The first-order valence-electron chi connectivity index (χ1n) is 6.97. The maximum Gasteiger partial charge on any atom is 0.308 e. The van der Waals surface area contributed by atoms with Crippen LogP contribution in [-0.4, -0.2) is 25.5 Å². The summed E-state index contributed by atoms with van der Waals surface area (Å²) >= 11 is 1.29. The van der Waals surface area contributed by atoms with Crippen LogP contribution in [0.2, 0.25) is 0 Å². The van der Waals surface area contributed by atoms with Gasteiger partial charge in [0, 0.05) is 10.9 Å². The summed E-state index contributed by atoms with van der Waals surface area (Å²) in [5, 5.41) is 9.20. The number of hydrogen-bond donors (Lipinski definition) is 2. The molecule has 7 heteroatoms. The van der Waals surface area contributed by atoms with E-state index in [0.717, 1.165) is 17.7 Å². The van der Waals surface area contributed by atoms with Crippen molar-refractivity contribution in [3.05, 3.63) is 29.2 Å². The molecule has 0 amide bonds. The quantitative estimate of drug-likeness (QED) is 0.813. The van der Waals surface area contributed by atoms with Gasteiger partial charge in [-0.2, -0.15) is 0 Å². The highest BCUT2D eigenvalue weighted by atomic mass is 32.2. The van der Waals surface area contributed by atoms with E-state index in [0.29, 0.717) is 18.8 Å². The van der Waals surface area contributed by atoms with Gasteiger partial charge in [-0.1, -0.05) is 12.2 Å². The summed E-state index contributed by atoms with van der Waals surface area (Å²) in [4.78, 5) is 12.3. The zero-order valence-electron chi connectivity index (χ0n) is 11.4. The molecule has 2 aliphatic rings. The van der Waals surface area contributed by atoms with E-state index in [2.05, 4.69) is 4.72 Å². The van der Waals surface area contributed by atoms with Crippen molar-refractivity contribution < 1.29 is 18.3 Å². The fourth-order valence-corrected chi connectivity index (χ4v) is 5.34. The lowest BCUT2D eigenvalue weighted by atomic mass is 9.90. The molecule has 0 spiro atoms. The number of carbonyl (C=O) groups is 1. The van der Waals surface area contributed by atoms with Gasteiger partial charge >= 0.3 is 5.97 Å². The molecule has 1 aromatic heterocycles. The highest BCUT2D eigenvalue weighted by Crippen LogP contribution is 2.44. The molecule has 114 valence electrons. The highest BCUT2D eigenvalue weighted by molar-refractivity contribution is 7.91. The molecule has 2 atom stereocenters. The number of thiophene rings is 1. The topological polar surface area (TPSA) is 83.5 Å². The molecular formula is C14H17NO4S2. The van der Waals surface area contributed by atoms with E-state index in [9.17, 15) is 18.3 Å². The second kappa shape index (κ2) is 5.55. The van der Waals surface area contributed by atoms with E-state index < -0.39 is 28.0 Å². The molecule has 0 bridgehead atoms. The van der Waals surface area contributed by atoms with E-state index >= 15 is 0 Å². The molecule has 1 fully saturated rings. The van der Waals surface area contributed by atoms with Gasteiger partial charge in [0.25, 0.3) is 0 Å². The van der Waals surface area contributed by atoms with E-state index in [1.807, 2.05) is 12.1 Å². The van der Waals surface area contributed by atoms with Gasteiger partial charge in [-0.15, -0.1) is 11.3 Å². The SMILES string of the molecule is O=C(O)[C@@H]1CC=CC[C@@H]1NS(=O)(=O)c1ccc(C2CC2)s1. The fourth-order valence-electron chi connectivity index (χ4n) is 2.54. The van der Waals surface area contributed by atoms with Crippen molar-refractivity contribution >= 4 is 27.3 Å². The lowest BCUT2D eigenvalue weighted by Gasteiger charge is -2.25. The Hall–Kier alpha value is -1.18. The third-order valence-electron chi connectivity index (χ3n) is 3.90. The summed E-state index contributed by atoms with van der Waals surface area (Å²) in [5.74, 6) is -1.15. The lowest BCUT2D eigenvalue weighted by Crippen LogP contribution is -2.43. The Bertz CT molecular complexity index is 673. The largest absolute Gasteiger partial charge is 0.481 e. The van der Waals surface area contributed by atoms with Crippen LogP contribution in [0.4, 0.5) is 0 Å². The standard InChI is InChI=1S/C14H17NO4S2/c16-14(17)10-3-1-2-4-11(10)15-21(18,19)13-8-7-12(20-13)9-5-6-9/h1-2,7-11,15H,3-6H2,(H,16,17)/t10-,11+/m1/s1. The van der Waals surface area contributed by atoms with Crippen molar-refractivity contribution in [1.82, 2.24) is 4.72 Å². The van der Waals surface area contributed by atoms with Gasteiger partial charge in [0.05, 0.1) is 5.92 Å². The summed E-state index contributed by atoms with van der Waals surface area (Å²) in [6.07, 6.45) is 6.65. The Morgan fingerprint density at radius 3 is 2.62 bits per heavy atom. The average molecular weight is 327 g/mol. The van der Waals surface area contributed by atoms with Crippen LogP contribution in [0.5, 0.6) is 0 Å². The Labute approximate surface area is 127 Å². The molecule has 2 aliphatic carbocycles. The van der Waals surface area contributed by atoms with Crippen molar-refractivity contribution in [2.24, 2.45) is 5.92 Å². The zero-order chi connectivity index (χ0) is 15.0. The minimum Gasteiger partial charge on any atom is -0.481 e. The predicted octanol–water partition coefficient (Wildman–Crippen LogP) is 2.32. The summed E-state index contributed by atoms with van der Waals surface area (Å²) in [7, 11) is -3.64. The van der Waals surface area contributed by atoms with Gasteiger partial charge in [-0.05, 0) is 43.7 Å². The average Bonchev–Trinajstić information content (AvgIpc) is 3.15. The molecule has 1 saturated carbocycles. The van der Waals surface area contributed by atoms with Gasteiger partial charge in [-0.3, -0.25) is 4.79 Å². The highest BCUT2D eigenvalue weighted by Gasteiger charge is 2.33. The van der Waals surface area contributed by atoms with Gasteiger partial charge in [0.15, 0.2) is 0 Å². The molecule has 0 saturated heterocycles. The number of rotatable bonds is 5. The molecule has 1 aromatic rings. The van der Waals surface area contributed by atoms with E-state index in [1.54, 1.807) is 12.1 Å². The molecule has 0 unspecified atom stereocenters. The number of nitrogens with one attached hydrogen (secondary N) is 1. The monoisotopic (exact) mass is 327 g/mol. The van der Waals surface area contributed by atoms with Crippen molar-refractivity contribution in [1.29, 1.82) is 0 Å². The maximum atomic E-state index is 12.4. The summed E-state index contributed by atoms with van der Waals surface area (Å²) in [6, 6.07) is 2.91. The number of allylic oxidation sites excluding steroid dienone is 1. The number of sulfonamides is 1. The molecule has 3 rings (SSSR count). The Morgan fingerprint density at radius 1 is 1.24 bits per heavy atom. The van der Waals surface area contributed by atoms with Gasteiger partial charge in [-0.25, -0.2) is 13.1 Å². The molecule has 21 heavy (non-hydrogen) atoms. The third kappa shape index (κ3) is 3.20. The second-order valence-corrected chi connectivity index (χ2v) is 8.60. The Morgan fingerprint density at radius 2 is 1.95 bits per heavy atom. The maximum absolute atomic E-state index is 12.4. The molecule has 0 aromatic carbocycles. The minimum atomic E-state index is -3.64. The second-order valence-electron chi connectivity index (χ2n) is 5.55. The van der Waals surface area contributed by atoms with Crippen molar-refractivity contribution in [3.8, 4) is 0 Å². The Balaban J connectivity index is 1.77. The van der Waals surface area contributed by atoms with Crippen LogP contribution in [0.15, 0.2) is 28.5 Å². The predicted molar refractivity (Wildman–Crippen MR) is 79.9 cm³/mol. The molecule has 0 radical (unpaired) electrons. The van der Waals surface area contributed by atoms with Crippen LogP contribution in [0.1, 0.15) is 36.5 Å². The summed E-state index contributed by atoms with van der Waals surface area (Å²) in [6.45, 7) is 0.